The van der Waals surface area contributed by atoms with E-state index in [9.17, 15) is 17.6 Å². The molecule has 0 heterocycles. The first-order valence-corrected chi connectivity index (χ1v) is 11.0. The van der Waals surface area contributed by atoms with E-state index < -0.39 is 34.4 Å². The normalized spacial score (nSPS) is 10.6. The highest BCUT2D eigenvalue weighted by molar-refractivity contribution is 5.73. The number of hydrogen-bond acceptors (Lipinski definition) is 0. The molecule has 0 unspecified atom stereocenters. The second kappa shape index (κ2) is 9.97. The van der Waals surface area contributed by atoms with Gasteiger partial charge in [0.25, 0.3) is 0 Å². The van der Waals surface area contributed by atoms with E-state index in [0.29, 0.717) is 5.56 Å². The van der Waals surface area contributed by atoms with Gasteiger partial charge in [0.15, 0.2) is 23.3 Å². The molecule has 0 nitrogen and oxygen atoms in total. The van der Waals surface area contributed by atoms with E-state index in [-0.39, 0.29) is 11.1 Å². The van der Waals surface area contributed by atoms with Crippen molar-refractivity contribution in [3.63, 3.8) is 0 Å². The molecule has 0 aliphatic carbocycles. The molecule has 4 rings (SSSR count). The molecule has 170 valence electrons. The maximum absolute atomic E-state index is 15.0. The van der Waals surface area contributed by atoms with Crippen molar-refractivity contribution in [1.82, 2.24) is 0 Å². The van der Waals surface area contributed by atoms with Crippen LogP contribution in [0.2, 0.25) is 0 Å². The lowest BCUT2D eigenvalue weighted by Gasteiger charge is -2.13. The van der Waals surface area contributed by atoms with E-state index in [4.69, 9.17) is 0 Å². The first-order valence-electron chi connectivity index (χ1n) is 11.0. The summed E-state index contributed by atoms with van der Waals surface area (Å²) in [6, 6.07) is 20.0. The van der Waals surface area contributed by atoms with Crippen molar-refractivity contribution in [3.8, 4) is 34.1 Å². The number of benzene rings is 4. The van der Waals surface area contributed by atoms with Gasteiger partial charge in [-0.2, -0.15) is 0 Å². The maximum atomic E-state index is 15.0. The van der Waals surface area contributed by atoms with Gasteiger partial charge in [0.2, 0.25) is 0 Å². The van der Waals surface area contributed by atoms with Gasteiger partial charge in [-0.25, -0.2) is 17.6 Å². The van der Waals surface area contributed by atoms with Gasteiger partial charge in [0, 0.05) is 11.1 Å². The molecule has 0 spiro atoms. The molecule has 0 bridgehead atoms. The van der Waals surface area contributed by atoms with Gasteiger partial charge >= 0.3 is 0 Å². The summed E-state index contributed by atoms with van der Waals surface area (Å²) in [5, 5.41) is 0. The molecule has 0 saturated carbocycles. The lowest BCUT2D eigenvalue weighted by atomic mass is 9.96. The van der Waals surface area contributed by atoms with Gasteiger partial charge in [0.1, 0.15) is 0 Å². The highest BCUT2D eigenvalue weighted by Gasteiger charge is 2.27. The summed E-state index contributed by atoms with van der Waals surface area (Å²) < 4.78 is 59.8. The van der Waals surface area contributed by atoms with Gasteiger partial charge in [-0.1, -0.05) is 79.3 Å². The molecule has 4 heteroatoms. The first-order chi connectivity index (χ1) is 16.4. The highest BCUT2D eigenvalue weighted by Crippen LogP contribution is 2.37. The molecule has 0 atom stereocenters. The van der Waals surface area contributed by atoms with Crippen LogP contribution in [0.5, 0.6) is 0 Å². The molecule has 4 aromatic rings. The molecule has 0 aliphatic rings. The van der Waals surface area contributed by atoms with Crippen LogP contribution in [-0.2, 0) is 6.42 Å². The number of hydrogen-bond donors (Lipinski definition) is 0. The second-order valence-electron chi connectivity index (χ2n) is 8.15. The van der Waals surface area contributed by atoms with Crippen molar-refractivity contribution in [2.75, 3.05) is 0 Å². The van der Waals surface area contributed by atoms with Gasteiger partial charge in [-0.05, 0) is 54.3 Å². The Morgan fingerprint density at radius 1 is 0.559 bits per heavy atom. The van der Waals surface area contributed by atoms with Crippen molar-refractivity contribution in [2.24, 2.45) is 0 Å². The van der Waals surface area contributed by atoms with Crippen molar-refractivity contribution < 1.29 is 17.6 Å². The molecule has 0 N–H and O–H groups in total. The molecule has 0 aromatic heterocycles. The topological polar surface area (TPSA) is 0 Å². The fourth-order valence-corrected chi connectivity index (χ4v) is 3.77. The summed E-state index contributed by atoms with van der Waals surface area (Å²) in [5.74, 6) is 0.293. The molecule has 4 aromatic carbocycles. The fourth-order valence-electron chi connectivity index (χ4n) is 3.77. The second-order valence-corrected chi connectivity index (χ2v) is 8.15. The quantitative estimate of drug-likeness (QED) is 0.164. The third kappa shape index (κ3) is 4.75. The Balaban J connectivity index is 1.68. The molecule has 34 heavy (non-hydrogen) atoms. The number of rotatable bonds is 4. The van der Waals surface area contributed by atoms with Crippen LogP contribution >= 0.6 is 0 Å². The monoisotopic (exact) mass is 458 g/mol. The maximum Gasteiger partial charge on any atom is 0.170 e. The zero-order chi connectivity index (χ0) is 24.2. The Kier molecular flexibility index (Phi) is 6.84. The minimum Gasteiger partial charge on any atom is -0.203 e. The van der Waals surface area contributed by atoms with Crippen LogP contribution in [0.1, 0.15) is 35.6 Å². The smallest absolute Gasteiger partial charge is 0.170 e. The number of halogens is 4. The standard InChI is InChI=1S/C30H22F4/c1-3-4-20-11-15-23(16-12-20)25-27(31)29(33)26(30(34)28(25)32)24-17-13-22(14-18-24)10-9-21-7-5-19(2)6-8-21/h5-8,11-18H,3-4H2,1-2H3. The van der Waals surface area contributed by atoms with E-state index in [1.807, 2.05) is 38.1 Å². The molecular weight excluding hydrogens is 436 g/mol. The Morgan fingerprint density at radius 2 is 0.941 bits per heavy atom. The van der Waals surface area contributed by atoms with Crippen LogP contribution in [0.15, 0.2) is 72.8 Å². The Bertz CT molecular complexity index is 1340. The Hall–Kier alpha value is -3.84. The summed E-state index contributed by atoms with van der Waals surface area (Å²) in [4.78, 5) is 0. The lowest BCUT2D eigenvalue weighted by molar-refractivity contribution is 0.463. The van der Waals surface area contributed by atoms with Crippen LogP contribution < -0.4 is 0 Å². The molecular formula is C30H22F4. The van der Waals surface area contributed by atoms with Gasteiger partial charge in [-0.3, -0.25) is 0 Å². The van der Waals surface area contributed by atoms with Crippen molar-refractivity contribution in [1.29, 1.82) is 0 Å². The minimum absolute atomic E-state index is 0.0264. The van der Waals surface area contributed by atoms with E-state index in [0.717, 1.165) is 29.5 Å². The van der Waals surface area contributed by atoms with Crippen LogP contribution in [0.4, 0.5) is 17.6 Å². The Labute approximate surface area is 196 Å². The van der Waals surface area contributed by atoms with Crippen molar-refractivity contribution >= 4 is 0 Å². The zero-order valence-corrected chi connectivity index (χ0v) is 18.9. The SMILES string of the molecule is CCCc1ccc(-c2c(F)c(F)c(-c3ccc(C#Cc4ccc(C)cc4)cc3)c(F)c2F)cc1. The summed E-state index contributed by atoms with van der Waals surface area (Å²) in [7, 11) is 0. The number of aryl methyl sites for hydroxylation is 2. The molecule has 0 saturated heterocycles. The fraction of sp³-hybridized carbons (Fsp3) is 0.133. The van der Waals surface area contributed by atoms with Crippen LogP contribution in [0.25, 0.3) is 22.3 Å². The van der Waals surface area contributed by atoms with Crippen LogP contribution in [-0.4, -0.2) is 0 Å². The van der Waals surface area contributed by atoms with E-state index >= 15 is 0 Å². The summed E-state index contributed by atoms with van der Waals surface area (Å²) in [6.45, 7) is 4.00. The lowest BCUT2D eigenvalue weighted by Crippen LogP contribution is -2.03. The Morgan fingerprint density at radius 3 is 1.35 bits per heavy atom. The summed E-state index contributed by atoms with van der Waals surface area (Å²) in [5.41, 5.74) is 2.21. The predicted molar refractivity (Wildman–Crippen MR) is 128 cm³/mol. The van der Waals surface area contributed by atoms with E-state index in [1.54, 1.807) is 24.3 Å². The summed E-state index contributed by atoms with van der Waals surface area (Å²) in [6.07, 6.45) is 1.72. The zero-order valence-electron chi connectivity index (χ0n) is 18.9. The average molecular weight is 458 g/mol. The molecule has 0 fully saturated rings. The molecule has 0 amide bonds. The third-order valence-electron chi connectivity index (χ3n) is 5.62. The predicted octanol–water partition coefficient (Wildman–Crippen LogP) is 8.24. The molecule has 0 aliphatic heterocycles. The minimum atomic E-state index is -1.43. The third-order valence-corrected chi connectivity index (χ3v) is 5.62. The largest absolute Gasteiger partial charge is 0.203 e. The van der Waals surface area contributed by atoms with Crippen LogP contribution in [0, 0.1) is 42.0 Å². The first kappa shape index (κ1) is 23.3. The van der Waals surface area contributed by atoms with E-state index in [1.165, 1.54) is 24.3 Å². The van der Waals surface area contributed by atoms with Gasteiger partial charge in [0.05, 0.1) is 11.1 Å². The molecule has 0 radical (unpaired) electrons. The summed E-state index contributed by atoms with van der Waals surface area (Å²) >= 11 is 0. The highest BCUT2D eigenvalue weighted by atomic mass is 19.2. The van der Waals surface area contributed by atoms with Gasteiger partial charge in [-0.15, -0.1) is 0 Å². The van der Waals surface area contributed by atoms with E-state index in [2.05, 4.69) is 11.8 Å². The van der Waals surface area contributed by atoms with Crippen molar-refractivity contribution in [3.05, 3.63) is 118 Å². The van der Waals surface area contributed by atoms with Gasteiger partial charge < -0.3 is 0 Å². The van der Waals surface area contributed by atoms with Crippen molar-refractivity contribution in [2.45, 2.75) is 26.7 Å². The average Bonchev–Trinajstić information content (AvgIpc) is 2.85. The van der Waals surface area contributed by atoms with Crippen LogP contribution in [0.3, 0.4) is 0 Å².